The van der Waals surface area contributed by atoms with Crippen molar-refractivity contribution in [3.8, 4) is 0 Å². The minimum atomic E-state index is 0.0295. The normalized spacial score (nSPS) is 17.6. The third-order valence-electron chi connectivity index (χ3n) is 4.99. The number of para-hydroxylation sites is 1. The number of hydrogen-bond donors (Lipinski definition) is 0. The quantitative estimate of drug-likeness (QED) is 0.677. The molecule has 0 saturated carbocycles. The van der Waals surface area contributed by atoms with Crippen molar-refractivity contribution in [2.75, 3.05) is 13.1 Å². The molecule has 1 aliphatic rings. The van der Waals surface area contributed by atoms with Gasteiger partial charge in [0.1, 0.15) is 0 Å². The number of fused-ring (bicyclic) bond motifs is 1. The molecule has 3 nitrogen and oxygen atoms in total. The van der Waals surface area contributed by atoms with Crippen LogP contribution in [0.15, 0.2) is 54.6 Å². The van der Waals surface area contributed by atoms with Gasteiger partial charge in [0.05, 0.1) is 10.6 Å². The number of benzene rings is 2. The van der Waals surface area contributed by atoms with Gasteiger partial charge >= 0.3 is 0 Å². The number of amides is 1. The van der Waals surface area contributed by atoms with E-state index in [0.29, 0.717) is 16.5 Å². The molecule has 0 aliphatic carbocycles. The molecule has 1 atom stereocenters. The Morgan fingerprint density at radius 2 is 1.88 bits per heavy atom. The van der Waals surface area contributed by atoms with Crippen LogP contribution < -0.4 is 0 Å². The maximum atomic E-state index is 12.7. The molecule has 4 heteroatoms. The average Bonchev–Trinajstić information content (AvgIpc) is 3.20. The summed E-state index contributed by atoms with van der Waals surface area (Å²) in [7, 11) is 2.11. The van der Waals surface area contributed by atoms with Crippen LogP contribution in [0.3, 0.4) is 0 Å². The first-order valence-corrected chi connectivity index (χ1v) is 8.61. The first-order valence-electron chi connectivity index (χ1n) is 8.23. The monoisotopic (exact) mass is 338 g/mol. The van der Waals surface area contributed by atoms with Crippen molar-refractivity contribution in [3.63, 3.8) is 0 Å². The van der Waals surface area contributed by atoms with E-state index < -0.39 is 0 Å². The lowest BCUT2D eigenvalue weighted by molar-refractivity contribution is 0.0790. The number of carbonyl (C=O) groups excluding carboxylic acids is 1. The predicted octanol–water partition coefficient (Wildman–Crippen LogP) is 4.46. The Labute approximate surface area is 146 Å². The number of carbonyl (C=O) groups is 1. The van der Waals surface area contributed by atoms with Crippen molar-refractivity contribution >= 4 is 28.4 Å². The van der Waals surface area contributed by atoms with Crippen LogP contribution in [0.1, 0.15) is 28.4 Å². The number of hydrogen-bond acceptors (Lipinski definition) is 1. The average molecular weight is 339 g/mol. The van der Waals surface area contributed by atoms with Gasteiger partial charge in [-0.1, -0.05) is 41.9 Å². The number of aryl methyl sites for hydroxylation is 1. The van der Waals surface area contributed by atoms with Crippen molar-refractivity contribution in [2.45, 2.75) is 12.3 Å². The Bertz CT molecular complexity index is 915. The molecule has 0 spiro atoms. The Morgan fingerprint density at radius 1 is 1.12 bits per heavy atom. The Morgan fingerprint density at radius 3 is 2.67 bits per heavy atom. The first kappa shape index (κ1) is 15.3. The zero-order chi connectivity index (χ0) is 16.7. The summed E-state index contributed by atoms with van der Waals surface area (Å²) in [6, 6.07) is 17.9. The van der Waals surface area contributed by atoms with Crippen LogP contribution in [0.25, 0.3) is 10.9 Å². The smallest absolute Gasteiger partial charge is 0.255 e. The topological polar surface area (TPSA) is 25.2 Å². The molecule has 4 rings (SSSR count). The summed E-state index contributed by atoms with van der Waals surface area (Å²) in [6.07, 6.45) is 0.986. The second-order valence-electron chi connectivity index (χ2n) is 6.40. The van der Waals surface area contributed by atoms with Gasteiger partial charge in [-0.2, -0.15) is 0 Å². The van der Waals surface area contributed by atoms with Gasteiger partial charge in [0.25, 0.3) is 5.91 Å². The number of rotatable bonds is 2. The van der Waals surface area contributed by atoms with Crippen molar-refractivity contribution in [3.05, 3.63) is 70.9 Å². The zero-order valence-electron chi connectivity index (χ0n) is 13.6. The Balaban J connectivity index is 1.59. The molecule has 122 valence electrons. The van der Waals surface area contributed by atoms with E-state index in [9.17, 15) is 4.79 Å². The third kappa shape index (κ3) is 2.49. The second kappa shape index (κ2) is 5.99. The van der Waals surface area contributed by atoms with Crippen LogP contribution in [0.5, 0.6) is 0 Å². The molecular formula is C20H19ClN2O. The van der Waals surface area contributed by atoms with Crippen LogP contribution in [-0.4, -0.2) is 28.5 Å². The summed E-state index contributed by atoms with van der Waals surface area (Å²) in [5.74, 6) is 0.399. The Kier molecular flexibility index (Phi) is 3.81. The summed E-state index contributed by atoms with van der Waals surface area (Å²) in [5, 5.41) is 1.78. The highest BCUT2D eigenvalue weighted by Crippen LogP contribution is 2.32. The van der Waals surface area contributed by atoms with Gasteiger partial charge in [0.2, 0.25) is 0 Å². The largest absolute Gasteiger partial charge is 0.347 e. The summed E-state index contributed by atoms with van der Waals surface area (Å²) < 4.78 is 2.25. The fraction of sp³-hybridized carbons (Fsp3) is 0.250. The molecule has 1 aromatic heterocycles. The van der Waals surface area contributed by atoms with Gasteiger partial charge in [-0.25, -0.2) is 0 Å². The first-order chi connectivity index (χ1) is 11.6. The molecule has 3 aromatic rings. The van der Waals surface area contributed by atoms with Crippen LogP contribution in [0, 0.1) is 0 Å². The molecule has 0 radical (unpaired) electrons. The number of aromatic nitrogens is 1. The fourth-order valence-electron chi connectivity index (χ4n) is 3.69. The van der Waals surface area contributed by atoms with E-state index in [1.807, 2.05) is 17.0 Å². The molecule has 0 bridgehead atoms. The molecule has 1 amide bonds. The number of nitrogens with zero attached hydrogens (tertiary/aromatic N) is 2. The van der Waals surface area contributed by atoms with E-state index in [2.05, 4.69) is 41.9 Å². The standard InChI is InChI=1S/C20H19ClN2O/c1-22-18-9-5-2-6-14(18)12-19(22)15-10-11-23(13-15)20(24)16-7-3-4-8-17(16)21/h2-9,12,15H,10-11,13H2,1H3. The molecule has 2 heterocycles. The SMILES string of the molecule is Cn1c(C2CCN(C(=O)c3ccccc3Cl)C2)cc2ccccc21. The molecule has 1 saturated heterocycles. The molecule has 1 fully saturated rings. The highest BCUT2D eigenvalue weighted by atomic mass is 35.5. The highest BCUT2D eigenvalue weighted by Gasteiger charge is 2.30. The lowest BCUT2D eigenvalue weighted by atomic mass is 10.0. The van der Waals surface area contributed by atoms with Crippen LogP contribution in [0.4, 0.5) is 0 Å². The molecule has 24 heavy (non-hydrogen) atoms. The van der Waals surface area contributed by atoms with Crippen molar-refractivity contribution in [2.24, 2.45) is 7.05 Å². The van der Waals surface area contributed by atoms with E-state index >= 15 is 0 Å². The molecule has 0 N–H and O–H groups in total. The van der Waals surface area contributed by atoms with E-state index in [4.69, 9.17) is 11.6 Å². The van der Waals surface area contributed by atoms with Crippen molar-refractivity contribution in [1.29, 1.82) is 0 Å². The molecule has 2 aromatic carbocycles. The van der Waals surface area contributed by atoms with Gasteiger partial charge in [0.15, 0.2) is 0 Å². The van der Waals surface area contributed by atoms with Crippen molar-refractivity contribution in [1.82, 2.24) is 9.47 Å². The minimum absolute atomic E-state index is 0.0295. The summed E-state index contributed by atoms with van der Waals surface area (Å²) in [6.45, 7) is 1.52. The summed E-state index contributed by atoms with van der Waals surface area (Å²) in [4.78, 5) is 14.7. The summed E-state index contributed by atoms with van der Waals surface area (Å²) in [5.41, 5.74) is 3.13. The van der Waals surface area contributed by atoms with E-state index in [-0.39, 0.29) is 5.91 Å². The van der Waals surface area contributed by atoms with Crippen molar-refractivity contribution < 1.29 is 4.79 Å². The molecule has 1 aliphatic heterocycles. The lowest BCUT2D eigenvalue weighted by Crippen LogP contribution is -2.28. The Hall–Kier alpha value is -2.26. The van der Waals surface area contributed by atoms with E-state index in [1.54, 1.807) is 12.1 Å². The van der Waals surface area contributed by atoms with Gasteiger partial charge in [-0.05, 0) is 36.1 Å². The maximum absolute atomic E-state index is 12.7. The van der Waals surface area contributed by atoms with E-state index in [0.717, 1.165) is 19.5 Å². The van der Waals surface area contributed by atoms with Gasteiger partial charge in [-0.3, -0.25) is 4.79 Å². The molecule has 1 unspecified atom stereocenters. The van der Waals surface area contributed by atoms with Crippen LogP contribution >= 0.6 is 11.6 Å². The number of halogens is 1. The minimum Gasteiger partial charge on any atom is -0.347 e. The van der Waals surface area contributed by atoms with Crippen LogP contribution in [-0.2, 0) is 7.05 Å². The molecular weight excluding hydrogens is 320 g/mol. The lowest BCUT2D eigenvalue weighted by Gasteiger charge is -2.17. The summed E-state index contributed by atoms with van der Waals surface area (Å²) >= 11 is 6.18. The zero-order valence-corrected chi connectivity index (χ0v) is 14.3. The van der Waals surface area contributed by atoms with Gasteiger partial charge in [0, 0.05) is 37.3 Å². The van der Waals surface area contributed by atoms with Gasteiger partial charge in [-0.15, -0.1) is 0 Å². The predicted molar refractivity (Wildman–Crippen MR) is 97.6 cm³/mol. The second-order valence-corrected chi connectivity index (χ2v) is 6.81. The third-order valence-corrected chi connectivity index (χ3v) is 5.32. The number of likely N-dealkylation sites (tertiary alicyclic amines) is 1. The van der Waals surface area contributed by atoms with Gasteiger partial charge < -0.3 is 9.47 Å². The van der Waals surface area contributed by atoms with Crippen LogP contribution in [0.2, 0.25) is 5.02 Å². The van der Waals surface area contributed by atoms with E-state index in [1.165, 1.54) is 16.6 Å². The maximum Gasteiger partial charge on any atom is 0.255 e. The highest BCUT2D eigenvalue weighted by molar-refractivity contribution is 6.33. The fourth-order valence-corrected chi connectivity index (χ4v) is 3.91.